The molecule has 0 bridgehead atoms. The summed E-state index contributed by atoms with van der Waals surface area (Å²) in [6.07, 6.45) is 5.58. The van der Waals surface area contributed by atoms with Gasteiger partial charge in [0.1, 0.15) is 30.1 Å². The lowest BCUT2D eigenvalue weighted by molar-refractivity contribution is 0.193. The molecule has 34 heavy (non-hydrogen) atoms. The van der Waals surface area contributed by atoms with Crippen molar-refractivity contribution in [3.05, 3.63) is 72.7 Å². The number of carbonyl (C=O) groups is 1. The maximum atomic E-state index is 11.5. The van der Waals surface area contributed by atoms with Crippen LogP contribution < -0.4 is 21.1 Å². The number of benzene rings is 2. The van der Waals surface area contributed by atoms with Crippen molar-refractivity contribution in [1.29, 1.82) is 0 Å². The van der Waals surface area contributed by atoms with E-state index in [1.807, 2.05) is 48.5 Å². The van der Waals surface area contributed by atoms with E-state index in [1.165, 1.54) is 6.33 Å². The molecular weight excluding hydrogens is 428 g/mol. The molecule has 8 nitrogen and oxygen atoms in total. The molecule has 0 aliphatic heterocycles. The second kappa shape index (κ2) is 9.43. The van der Waals surface area contributed by atoms with Gasteiger partial charge in [0.25, 0.3) is 0 Å². The number of urea groups is 1. The van der Waals surface area contributed by atoms with Crippen LogP contribution in [0, 0.1) is 5.92 Å². The highest BCUT2D eigenvalue weighted by Gasteiger charge is 2.32. The van der Waals surface area contributed by atoms with Gasteiger partial charge in [-0.2, -0.15) is 0 Å². The zero-order valence-electron chi connectivity index (χ0n) is 19.1. The molecule has 174 valence electrons. The summed E-state index contributed by atoms with van der Waals surface area (Å²) in [6.45, 7) is 1.17. The van der Waals surface area contributed by atoms with Crippen molar-refractivity contribution < 1.29 is 9.53 Å². The third-order valence-corrected chi connectivity index (χ3v) is 6.41. The van der Waals surface area contributed by atoms with E-state index in [0.29, 0.717) is 30.9 Å². The topological polar surface area (TPSA) is 107 Å². The van der Waals surface area contributed by atoms with E-state index in [1.54, 1.807) is 7.05 Å². The minimum atomic E-state index is -0.146. The van der Waals surface area contributed by atoms with Gasteiger partial charge in [0.2, 0.25) is 0 Å². The molecule has 0 radical (unpaired) electrons. The molecule has 1 aliphatic carbocycles. The Bertz CT molecular complexity index is 1300. The first-order chi connectivity index (χ1) is 16.6. The van der Waals surface area contributed by atoms with Crippen LogP contribution >= 0.6 is 0 Å². The van der Waals surface area contributed by atoms with Crippen LogP contribution in [0.2, 0.25) is 0 Å². The zero-order chi connectivity index (χ0) is 23.5. The van der Waals surface area contributed by atoms with E-state index < -0.39 is 0 Å². The van der Waals surface area contributed by atoms with Crippen LogP contribution in [0.5, 0.6) is 5.75 Å². The third kappa shape index (κ3) is 4.39. The fraction of sp³-hybridized carbons (Fsp3) is 0.269. The van der Waals surface area contributed by atoms with Crippen LogP contribution in [0.15, 0.2) is 67.1 Å². The first kappa shape index (κ1) is 21.8. The fourth-order valence-corrected chi connectivity index (χ4v) is 4.52. The molecule has 1 saturated carbocycles. The molecule has 5 rings (SSSR count). The number of rotatable bonds is 7. The Balaban J connectivity index is 1.39. The molecule has 0 saturated heterocycles. The van der Waals surface area contributed by atoms with Gasteiger partial charge in [0.05, 0.1) is 5.39 Å². The highest BCUT2D eigenvalue weighted by molar-refractivity contribution is 6.00. The predicted molar refractivity (Wildman–Crippen MR) is 132 cm³/mol. The molecule has 0 unspecified atom stereocenters. The molecule has 1 fully saturated rings. The van der Waals surface area contributed by atoms with Crippen LogP contribution in [0.1, 0.15) is 24.4 Å². The monoisotopic (exact) mass is 456 g/mol. The van der Waals surface area contributed by atoms with E-state index in [0.717, 1.165) is 46.3 Å². The number of nitrogens with zero attached hydrogens (tertiary/aromatic N) is 3. The Hall–Kier alpha value is -4.07. The standard InChI is InChI=1S/C26H28N6O2/c1-28-26(33)29-13-18-10-20(11-18)32-14-22(23-24(27)30-16-31-25(23)32)19-8-5-9-21(12-19)34-15-17-6-3-2-4-7-17/h2-9,12,14,16,18,20H,10-11,13,15H2,1H3,(H2,27,30,31)(H2,28,29,33)/t18-,20+. The third-order valence-electron chi connectivity index (χ3n) is 6.41. The summed E-state index contributed by atoms with van der Waals surface area (Å²) in [4.78, 5) is 20.3. The lowest BCUT2D eigenvalue weighted by atomic mass is 9.80. The number of nitrogens with two attached hydrogens (primary N) is 1. The molecule has 2 heterocycles. The molecule has 2 amide bonds. The van der Waals surface area contributed by atoms with Gasteiger partial charge >= 0.3 is 6.03 Å². The summed E-state index contributed by atoms with van der Waals surface area (Å²) in [5.74, 6) is 1.70. The summed E-state index contributed by atoms with van der Waals surface area (Å²) < 4.78 is 8.25. The summed E-state index contributed by atoms with van der Waals surface area (Å²) in [5.41, 5.74) is 10.3. The fourth-order valence-electron chi connectivity index (χ4n) is 4.52. The summed E-state index contributed by atoms with van der Waals surface area (Å²) in [6, 6.07) is 18.3. The molecule has 0 spiro atoms. The Labute approximate surface area is 198 Å². The Kier molecular flexibility index (Phi) is 6.03. The number of fused-ring (bicyclic) bond motifs is 1. The first-order valence-corrected chi connectivity index (χ1v) is 11.5. The number of nitrogens with one attached hydrogen (secondary N) is 2. The Morgan fingerprint density at radius 3 is 2.76 bits per heavy atom. The van der Waals surface area contributed by atoms with Gasteiger partial charge in [0.15, 0.2) is 0 Å². The highest BCUT2D eigenvalue weighted by Crippen LogP contribution is 2.42. The van der Waals surface area contributed by atoms with Crippen molar-refractivity contribution in [3.8, 4) is 16.9 Å². The van der Waals surface area contributed by atoms with Crippen LogP contribution in [-0.4, -0.2) is 34.2 Å². The average molecular weight is 457 g/mol. The SMILES string of the molecule is CNC(=O)NC[C@H]1C[C@@H](n2cc(-c3cccc(OCc4ccccc4)c3)c3c(N)ncnc32)C1. The smallest absolute Gasteiger partial charge is 0.314 e. The molecule has 4 aromatic rings. The number of ether oxygens (including phenoxy) is 1. The van der Waals surface area contributed by atoms with Crippen LogP contribution in [0.3, 0.4) is 0 Å². The molecule has 1 aliphatic rings. The maximum Gasteiger partial charge on any atom is 0.314 e. The van der Waals surface area contributed by atoms with E-state index in [4.69, 9.17) is 10.5 Å². The van der Waals surface area contributed by atoms with Gasteiger partial charge in [-0.25, -0.2) is 14.8 Å². The molecule has 0 atom stereocenters. The number of aromatic nitrogens is 3. The quantitative estimate of drug-likeness (QED) is 0.387. The summed E-state index contributed by atoms with van der Waals surface area (Å²) in [7, 11) is 1.62. The number of hydrogen-bond acceptors (Lipinski definition) is 5. The first-order valence-electron chi connectivity index (χ1n) is 11.5. The minimum absolute atomic E-state index is 0.146. The van der Waals surface area contributed by atoms with Gasteiger partial charge in [0, 0.05) is 31.4 Å². The Morgan fingerprint density at radius 1 is 1.15 bits per heavy atom. The van der Waals surface area contributed by atoms with Crippen molar-refractivity contribution >= 4 is 22.9 Å². The number of nitrogen functional groups attached to an aromatic ring is 1. The second-order valence-electron chi connectivity index (χ2n) is 8.66. The molecule has 4 N–H and O–H groups in total. The van der Waals surface area contributed by atoms with Crippen molar-refractivity contribution in [2.45, 2.75) is 25.5 Å². The lowest BCUT2D eigenvalue weighted by Crippen LogP contribution is -2.40. The number of amides is 2. The second-order valence-corrected chi connectivity index (χ2v) is 8.66. The van der Waals surface area contributed by atoms with E-state index in [-0.39, 0.29) is 6.03 Å². The van der Waals surface area contributed by atoms with E-state index in [9.17, 15) is 4.79 Å². The molecular formula is C26H28N6O2. The van der Waals surface area contributed by atoms with Gasteiger partial charge in [-0.05, 0) is 42.0 Å². The largest absolute Gasteiger partial charge is 0.489 e. The van der Waals surface area contributed by atoms with Crippen molar-refractivity contribution in [2.24, 2.45) is 5.92 Å². The van der Waals surface area contributed by atoms with Crippen LogP contribution in [-0.2, 0) is 6.61 Å². The Morgan fingerprint density at radius 2 is 1.97 bits per heavy atom. The van der Waals surface area contributed by atoms with E-state index in [2.05, 4.69) is 37.4 Å². The van der Waals surface area contributed by atoms with Crippen molar-refractivity contribution in [1.82, 2.24) is 25.2 Å². The van der Waals surface area contributed by atoms with Crippen molar-refractivity contribution in [3.63, 3.8) is 0 Å². The highest BCUT2D eigenvalue weighted by atomic mass is 16.5. The zero-order valence-corrected chi connectivity index (χ0v) is 19.1. The predicted octanol–water partition coefficient (Wildman–Crippen LogP) is 4.14. The van der Waals surface area contributed by atoms with Gasteiger partial charge in [-0.1, -0.05) is 42.5 Å². The molecule has 2 aromatic heterocycles. The van der Waals surface area contributed by atoms with Gasteiger partial charge in [-0.15, -0.1) is 0 Å². The van der Waals surface area contributed by atoms with Crippen LogP contribution in [0.25, 0.3) is 22.2 Å². The van der Waals surface area contributed by atoms with E-state index >= 15 is 0 Å². The summed E-state index contributed by atoms with van der Waals surface area (Å²) >= 11 is 0. The normalized spacial score (nSPS) is 17.2. The lowest BCUT2D eigenvalue weighted by Gasteiger charge is -2.36. The number of hydrogen-bond donors (Lipinski definition) is 3. The minimum Gasteiger partial charge on any atom is -0.489 e. The van der Waals surface area contributed by atoms with Gasteiger partial charge in [-0.3, -0.25) is 0 Å². The number of carbonyl (C=O) groups excluding carboxylic acids is 1. The maximum absolute atomic E-state index is 11.5. The molecule has 2 aromatic carbocycles. The molecule has 8 heteroatoms. The average Bonchev–Trinajstić information content (AvgIpc) is 3.23. The van der Waals surface area contributed by atoms with Crippen LogP contribution in [0.4, 0.5) is 10.6 Å². The van der Waals surface area contributed by atoms with Crippen molar-refractivity contribution in [2.75, 3.05) is 19.3 Å². The summed E-state index contributed by atoms with van der Waals surface area (Å²) in [5, 5.41) is 6.34. The number of anilines is 1. The van der Waals surface area contributed by atoms with Gasteiger partial charge < -0.3 is 25.7 Å².